The lowest BCUT2D eigenvalue weighted by Gasteiger charge is -2.09. The number of fused-ring (bicyclic) bond motifs is 1. The fourth-order valence-corrected chi connectivity index (χ4v) is 5.82. The normalized spacial score (nSPS) is 19.1. The molecule has 3 aromatic carbocycles. The van der Waals surface area contributed by atoms with E-state index in [4.69, 9.17) is 17.7 Å². The number of hydrogen-bond acceptors (Lipinski definition) is 4. The average molecular weight is 471 g/mol. The van der Waals surface area contributed by atoms with E-state index in [0.717, 1.165) is 6.61 Å². The monoisotopic (exact) mass is 470 g/mol. The Kier molecular flexibility index (Phi) is 7.64. The predicted octanol–water partition coefficient (Wildman–Crippen LogP) is 4.86. The Morgan fingerprint density at radius 3 is 2.26 bits per heavy atom. The Bertz CT molecular complexity index is 1100. The van der Waals surface area contributed by atoms with Gasteiger partial charge in [-0.25, -0.2) is 8.42 Å². The van der Waals surface area contributed by atoms with Crippen molar-refractivity contribution in [3.05, 3.63) is 78.4 Å². The molecule has 0 amide bonds. The molecular weight excluding hydrogens is 449 g/mol. The zero-order valence-electron chi connectivity index (χ0n) is 16.4. The summed E-state index contributed by atoms with van der Waals surface area (Å²) in [5.74, 6) is 2.42. The van der Waals surface area contributed by atoms with Crippen molar-refractivity contribution >= 4 is 31.8 Å². The fourth-order valence-electron chi connectivity index (χ4n) is 3.23. The summed E-state index contributed by atoms with van der Waals surface area (Å²) >= 11 is 0. The van der Waals surface area contributed by atoms with Gasteiger partial charge in [0.15, 0.2) is 15.0 Å². The van der Waals surface area contributed by atoms with E-state index in [2.05, 4.69) is 72.8 Å². The van der Waals surface area contributed by atoms with Gasteiger partial charge in [-0.2, -0.15) is 13.2 Å². The van der Waals surface area contributed by atoms with Crippen molar-refractivity contribution < 1.29 is 30.9 Å². The molecule has 2 unspecified atom stereocenters. The second kappa shape index (κ2) is 10.0. The van der Waals surface area contributed by atoms with Crippen molar-refractivity contribution in [1.82, 2.24) is 0 Å². The standard InChI is InChI=1S/C21H21OS.CHF3O3S/c1-2-7-17(8-3-1)15-22-19-13-14-23(16-19)21-12-6-10-18-9-4-5-11-20(18)21;2-1(3,4)8(5,6)7/h1-12,19H,13-16H2;(H,5,6,7)/q+1;/p-1. The first-order valence-corrected chi connectivity index (χ1v) is 12.5. The van der Waals surface area contributed by atoms with Crippen molar-refractivity contribution in [2.24, 2.45) is 0 Å². The Balaban J connectivity index is 0.000000293. The second-order valence-corrected chi connectivity index (χ2v) is 10.5. The molecule has 3 aromatic rings. The molecule has 0 saturated carbocycles. The molecule has 0 aliphatic carbocycles. The van der Waals surface area contributed by atoms with Crippen molar-refractivity contribution in [2.75, 3.05) is 11.5 Å². The Morgan fingerprint density at radius 2 is 1.58 bits per heavy atom. The maximum atomic E-state index is 10.7. The van der Waals surface area contributed by atoms with Crippen molar-refractivity contribution in [3.63, 3.8) is 0 Å². The van der Waals surface area contributed by atoms with E-state index in [0.29, 0.717) is 17.0 Å². The molecule has 31 heavy (non-hydrogen) atoms. The largest absolute Gasteiger partial charge is 0.741 e. The third-order valence-corrected chi connectivity index (χ3v) is 7.79. The minimum Gasteiger partial charge on any atom is -0.741 e. The van der Waals surface area contributed by atoms with E-state index < -0.39 is 15.6 Å². The van der Waals surface area contributed by atoms with Crippen molar-refractivity contribution in [2.45, 2.75) is 29.5 Å². The first-order chi connectivity index (χ1) is 14.6. The van der Waals surface area contributed by atoms with Crippen LogP contribution in [0.4, 0.5) is 13.2 Å². The first-order valence-electron chi connectivity index (χ1n) is 9.48. The highest BCUT2D eigenvalue weighted by atomic mass is 32.2. The van der Waals surface area contributed by atoms with E-state index in [1.54, 1.807) is 0 Å². The number of alkyl halides is 3. The summed E-state index contributed by atoms with van der Waals surface area (Å²) in [5.41, 5.74) is -4.38. The fraction of sp³-hybridized carbons (Fsp3) is 0.273. The van der Waals surface area contributed by atoms with E-state index in [9.17, 15) is 13.2 Å². The number of ether oxygens (including phenoxy) is 1. The summed E-state index contributed by atoms with van der Waals surface area (Å²) in [7, 11) is -5.77. The molecule has 9 heteroatoms. The molecule has 1 heterocycles. The van der Waals surface area contributed by atoms with Gasteiger partial charge in [0, 0.05) is 22.7 Å². The molecule has 0 aromatic heterocycles. The molecule has 0 spiro atoms. The van der Waals surface area contributed by atoms with Crippen LogP contribution in [-0.4, -0.2) is 36.1 Å². The minimum absolute atomic E-state index is 0.322. The van der Waals surface area contributed by atoms with Crippen molar-refractivity contribution in [1.29, 1.82) is 0 Å². The molecule has 1 aliphatic heterocycles. The van der Waals surface area contributed by atoms with Crippen LogP contribution in [0, 0.1) is 0 Å². The summed E-state index contributed by atoms with van der Waals surface area (Å²) in [5, 5.41) is 2.77. The zero-order chi connectivity index (χ0) is 22.5. The molecule has 0 bridgehead atoms. The third-order valence-electron chi connectivity index (χ3n) is 4.75. The van der Waals surface area contributed by atoms with Gasteiger partial charge in [-0.05, 0) is 23.1 Å². The van der Waals surface area contributed by atoms with Gasteiger partial charge in [0.05, 0.1) is 6.61 Å². The lowest BCUT2D eigenvalue weighted by atomic mass is 10.1. The van der Waals surface area contributed by atoms with Gasteiger partial charge in [0.25, 0.3) is 0 Å². The lowest BCUT2D eigenvalue weighted by Crippen LogP contribution is -2.21. The van der Waals surface area contributed by atoms with Gasteiger partial charge in [0.2, 0.25) is 0 Å². The second-order valence-electron chi connectivity index (χ2n) is 6.95. The Morgan fingerprint density at radius 1 is 0.968 bits per heavy atom. The maximum absolute atomic E-state index is 10.7. The van der Waals surface area contributed by atoms with Crippen LogP contribution in [0.5, 0.6) is 0 Å². The van der Waals surface area contributed by atoms with Crippen LogP contribution >= 0.6 is 0 Å². The molecule has 2 atom stereocenters. The Labute approximate surface area is 182 Å². The minimum atomic E-state index is -6.09. The molecule has 0 radical (unpaired) electrons. The van der Waals surface area contributed by atoms with Crippen LogP contribution in [-0.2, 0) is 32.4 Å². The number of rotatable bonds is 4. The van der Waals surface area contributed by atoms with Crippen molar-refractivity contribution in [3.8, 4) is 0 Å². The van der Waals surface area contributed by atoms with Crippen LogP contribution in [0.2, 0.25) is 0 Å². The van der Waals surface area contributed by atoms with Gasteiger partial charge < -0.3 is 9.29 Å². The third kappa shape index (κ3) is 6.46. The molecule has 166 valence electrons. The lowest BCUT2D eigenvalue weighted by molar-refractivity contribution is -0.0517. The number of halogens is 3. The molecule has 4 nitrogen and oxygen atoms in total. The van der Waals surface area contributed by atoms with E-state index in [1.807, 2.05) is 0 Å². The van der Waals surface area contributed by atoms with Gasteiger partial charge in [0.1, 0.15) is 17.6 Å². The zero-order valence-corrected chi connectivity index (χ0v) is 18.1. The van der Waals surface area contributed by atoms with E-state index in [1.165, 1.54) is 39.2 Å². The predicted molar refractivity (Wildman–Crippen MR) is 115 cm³/mol. The number of hydrogen-bond donors (Lipinski definition) is 0. The average Bonchev–Trinajstić information content (AvgIpc) is 3.20. The molecule has 0 N–H and O–H groups in total. The summed E-state index contributed by atoms with van der Waals surface area (Å²) in [6, 6.07) is 25.9. The van der Waals surface area contributed by atoms with Gasteiger partial charge in [-0.15, -0.1) is 0 Å². The van der Waals surface area contributed by atoms with Crippen LogP contribution in [0.3, 0.4) is 0 Å². The van der Waals surface area contributed by atoms with E-state index >= 15 is 0 Å². The number of benzene rings is 3. The summed E-state index contributed by atoms with van der Waals surface area (Å²) < 4.78 is 65.1. The van der Waals surface area contributed by atoms with E-state index in [-0.39, 0.29) is 0 Å². The highest BCUT2D eigenvalue weighted by molar-refractivity contribution is 7.97. The smallest absolute Gasteiger partial charge is 0.485 e. The Hall–Kier alpha value is -2.07. The van der Waals surface area contributed by atoms with Crippen LogP contribution in [0.1, 0.15) is 12.0 Å². The summed E-state index contributed by atoms with van der Waals surface area (Å²) in [6.07, 6.45) is 1.58. The van der Waals surface area contributed by atoms with Gasteiger partial charge in [-0.3, -0.25) is 0 Å². The molecule has 1 saturated heterocycles. The van der Waals surface area contributed by atoms with Gasteiger partial charge in [-0.1, -0.05) is 60.7 Å². The van der Waals surface area contributed by atoms with Crippen LogP contribution in [0.15, 0.2) is 77.7 Å². The maximum Gasteiger partial charge on any atom is 0.485 e. The van der Waals surface area contributed by atoms with Crippen LogP contribution in [0.25, 0.3) is 10.8 Å². The molecular formula is C22H21F3O4S2. The summed E-state index contributed by atoms with van der Waals surface area (Å²) in [4.78, 5) is 1.52. The van der Waals surface area contributed by atoms with Crippen LogP contribution < -0.4 is 0 Å². The highest BCUT2D eigenvalue weighted by Crippen LogP contribution is 2.31. The topological polar surface area (TPSA) is 66.4 Å². The SMILES string of the molecule is O=S(=O)([O-])C(F)(F)F.c1ccc(COC2CC[S+](c3cccc4ccccc34)C2)cc1. The molecule has 1 fully saturated rings. The first kappa shape index (κ1) is 23.6. The molecule has 1 aliphatic rings. The highest BCUT2D eigenvalue weighted by Gasteiger charge is 2.37. The summed E-state index contributed by atoms with van der Waals surface area (Å²) in [6.45, 7) is 0.734. The molecule has 4 rings (SSSR count). The quantitative estimate of drug-likeness (QED) is 0.310. The van der Waals surface area contributed by atoms with Gasteiger partial charge >= 0.3 is 5.51 Å².